The van der Waals surface area contributed by atoms with Crippen LogP contribution < -0.4 is 5.32 Å². The second kappa shape index (κ2) is 9.63. The highest BCUT2D eigenvalue weighted by Gasteiger charge is 2.55. The molecule has 1 saturated heterocycles. The second-order valence-electron chi connectivity index (χ2n) is 7.44. The van der Waals surface area contributed by atoms with Crippen LogP contribution in [0.3, 0.4) is 0 Å². The number of imide groups is 1. The molecule has 1 N–H and O–H groups in total. The van der Waals surface area contributed by atoms with Gasteiger partial charge in [-0.2, -0.15) is 8.78 Å². The number of urea groups is 1. The topological polar surface area (TPSA) is 96.0 Å². The number of hydrogen-bond acceptors (Lipinski definition) is 6. The molecule has 0 radical (unpaired) electrons. The van der Waals surface area contributed by atoms with Gasteiger partial charge in [0.2, 0.25) is 0 Å². The average molecular weight is 455 g/mol. The lowest BCUT2D eigenvalue weighted by atomic mass is 9.81. The number of rotatable bonds is 7. The van der Waals surface area contributed by atoms with Gasteiger partial charge in [0.1, 0.15) is 12.1 Å². The number of nitrogens with zero attached hydrogens (tertiary/aromatic N) is 2. The minimum Gasteiger partial charge on any atom is -0.454 e. The van der Waals surface area contributed by atoms with E-state index in [1.54, 1.807) is 7.05 Å². The van der Waals surface area contributed by atoms with E-state index >= 15 is 0 Å². The first-order valence-electron chi connectivity index (χ1n) is 9.83. The Bertz CT molecular complexity index is 859. The summed E-state index contributed by atoms with van der Waals surface area (Å²) in [5, 5.41) is 2.47. The molecule has 168 valence electrons. The van der Waals surface area contributed by atoms with Crippen molar-refractivity contribution in [2.75, 3.05) is 25.5 Å². The number of nitrogens with one attached hydrogen (secondary N) is 1. The number of halogens is 2. The Balaban J connectivity index is 1.49. The molecule has 1 aromatic rings. The molecule has 11 heteroatoms. The third-order valence-corrected chi connectivity index (χ3v) is 6.22. The van der Waals surface area contributed by atoms with Gasteiger partial charge in [-0.15, -0.1) is 0 Å². The Morgan fingerprint density at radius 1 is 1.16 bits per heavy atom. The molecule has 1 aliphatic carbocycles. The number of carbonyl (C=O) groups is 4. The monoisotopic (exact) mass is 455 g/mol. The minimum atomic E-state index is -2.54. The normalized spacial score (nSPS) is 18.1. The fourth-order valence-electron chi connectivity index (χ4n) is 3.91. The van der Waals surface area contributed by atoms with Crippen LogP contribution in [0.5, 0.6) is 0 Å². The van der Waals surface area contributed by atoms with E-state index in [-0.39, 0.29) is 0 Å². The van der Waals surface area contributed by atoms with Crippen LogP contribution in [0.1, 0.15) is 32.1 Å². The standard InChI is InChI=1S/C20H23F2N3O5S/c1-24-19(29)25(17(28)20(24)9-3-2-4-10-20)11-16(27)30-12-15(26)23-13-5-7-14(8-6-13)31-18(21)22/h5-8,18H,2-4,9-12H2,1H3,(H,23,26). The van der Waals surface area contributed by atoms with Crippen LogP contribution in [0.25, 0.3) is 0 Å². The van der Waals surface area contributed by atoms with E-state index in [0.29, 0.717) is 35.2 Å². The van der Waals surface area contributed by atoms with Crippen LogP contribution in [-0.2, 0) is 19.1 Å². The van der Waals surface area contributed by atoms with Gasteiger partial charge in [-0.25, -0.2) is 4.79 Å². The van der Waals surface area contributed by atoms with Crippen molar-refractivity contribution >= 4 is 41.3 Å². The average Bonchev–Trinajstić information content (AvgIpc) is 2.90. The summed E-state index contributed by atoms with van der Waals surface area (Å²) in [5.41, 5.74) is -0.535. The Morgan fingerprint density at radius 3 is 2.42 bits per heavy atom. The van der Waals surface area contributed by atoms with E-state index < -0.39 is 48.3 Å². The van der Waals surface area contributed by atoms with Gasteiger partial charge in [-0.05, 0) is 37.1 Å². The number of amides is 4. The molecule has 1 saturated carbocycles. The predicted octanol–water partition coefficient (Wildman–Crippen LogP) is 3.08. The summed E-state index contributed by atoms with van der Waals surface area (Å²) in [6.07, 6.45) is 3.81. The number of alkyl halides is 2. The molecule has 1 aliphatic heterocycles. The number of hydrogen-bond donors (Lipinski definition) is 1. The highest BCUT2D eigenvalue weighted by molar-refractivity contribution is 7.99. The smallest absolute Gasteiger partial charge is 0.327 e. The summed E-state index contributed by atoms with van der Waals surface area (Å²) in [5.74, 6) is -4.45. The van der Waals surface area contributed by atoms with Crippen molar-refractivity contribution in [3.05, 3.63) is 24.3 Å². The van der Waals surface area contributed by atoms with E-state index in [1.165, 1.54) is 29.2 Å². The third kappa shape index (κ3) is 5.15. The third-order valence-electron chi connectivity index (χ3n) is 5.50. The van der Waals surface area contributed by atoms with E-state index in [2.05, 4.69) is 5.32 Å². The second-order valence-corrected chi connectivity index (χ2v) is 8.50. The Labute approximate surface area is 182 Å². The number of thioether (sulfide) groups is 1. The molecule has 2 aliphatic rings. The van der Waals surface area contributed by atoms with Crippen molar-refractivity contribution in [1.29, 1.82) is 0 Å². The maximum absolute atomic E-state index is 12.8. The van der Waals surface area contributed by atoms with Crippen molar-refractivity contribution in [1.82, 2.24) is 9.80 Å². The van der Waals surface area contributed by atoms with Gasteiger partial charge in [-0.3, -0.25) is 19.3 Å². The van der Waals surface area contributed by atoms with Crippen LogP contribution >= 0.6 is 11.8 Å². The summed E-state index contributed by atoms with van der Waals surface area (Å²) in [7, 11) is 1.56. The lowest BCUT2D eigenvalue weighted by Crippen LogP contribution is -2.49. The summed E-state index contributed by atoms with van der Waals surface area (Å²) >= 11 is 0.385. The number of esters is 1. The van der Waals surface area contributed by atoms with Crippen LogP contribution in [0.4, 0.5) is 19.3 Å². The lowest BCUT2D eigenvalue weighted by Gasteiger charge is -2.35. The largest absolute Gasteiger partial charge is 0.454 e. The van der Waals surface area contributed by atoms with Crippen molar-refractivity contribution in [2.24, 2.45) is 0 Å². The van der Waals surface area contributed by atoms with E-state index in [1.807, 2.05) is 0 Å². The number of benzene rings is 1. The van der Waals surface area contributed by atoms with Crippen molar-refractivity contribution in [2.45, 2.75) is 48.3 Å². The minimum absolute atomic E-state index is 0.347. The molecule has 4 amide bonds. The maximum atomic E-state index is 12.8. The zero-order valence-electron chi connectivity index (χ0n) is 16.9. The van der Waals surface area contributed by atoms with Gasteiger partial charge < -0.3 is 15.0 Å². The van der Waals surface area contributed by atoms with Crippen molar-refractivity contribution < 1.29 is 32.7 Å². The number of ether oxygens (including phenoxy) is 1. The molecule has 0 bridgehead atoms. The number of carbonyl (C=O) groups excluding carboxylic acids is 4. The first kappa shape index (κ1) is 23.0. The van der Waals surface area contributed by atoms with Gasteiger partial charge in [0.05, 0.1) is 0 Å². The Kier molecular flexibility index (Phi) is 7.14. The van der Waals surface area contributed by atoms with Gasteiger partial charge in [-0.1, -0.05) is 31.0 Å². The first-order valence-corrected chi connectivity index (χ1v) is 10.7. The Hall–Kier alpha value is -2.69. The van der Waals surface area contributed by atoms with Gasteiger partial charge in [0.15, 0.2) is 6.61 Å². The zero-order chi connectivity index (χ0) is 22.6. The van der Waals surface area contributed by atoms with E-state index in [9.17, 15) is 28.0 Å². The highest BCUT2D eigenvalue weighted by atomic mass is 32.2. The van der Waals surface area contributed by atoms with Crippen molar-refractivity contribution in [3.8, 4) is 0 Å². The SMILES string of the molecule is CN1C(=O)N(CC(=O)OCC(=O)Nc2ccc(SC(F)F)cc2)C(=O)C12CCCCC2. The summed E-state index contributed by atoms with van der Waals surface area (Å²) in [6.45, 7) is -1.17. The molecule has 0 aromatic heterocycles. The molecule has 0 unspecified atom stereocenters. The predicted molar refractivity (Wildman–Crippen MR) is 109 cm³/mol. The van der Waals surface area contributed by atoms with Crippen LogP contribution in [0.2, 0.25) is 0 Å². The van der Waals surface area contributed by atoms with Gasteiger partial charge >= 0.3 is 12.0 Å². The Morgan fingerprint density at radius 2 is 1.81 bits per heavy atom. The molecule has 0 atom stereocenters. The number of likely N-dealkylation sites (N-methyl/N-ethyl adjacent to an activating group) is 1. The lowest BCUT2D eigenvalue weighted by molar-refractivity contribution is -0.150. The zero-order valence-corrected chi connectivity index (χ0v) is 17.8. The highest BCUT2D eigenvalue weighted by Crippen LogP contribution is 2.39. The summed E-state index contributed by atoms with van der Waals surface area (Å²) in [4.78, 5) is 52.1. The molecule has 31 heavy (non-hydrogen) atoms. The first-order chi connectivity index (χ1) is 14.7. The molecule has 8 nitrogen and oxygen atoms in total. The summed E-state index contributed by atoms with van der Waals surface area (Å²) in [6, 6.07) is 5.22. The fourth-order valence-corrected chi connectivity index (χ4v) is 4.41. The molecule has 1 spiro atoms. The molecule has 3 rings (SSSR count). The molecule has 1 aromatic carbocycles. The van der Waals surface area contributed by atoms with E-state index in [0.717, 1.165) is 24.2 Å². The van der Waals surface area contributed by atoms with Gasteiger partial charge in [0, 0.05) is 17.6 Å². The molecular weight excluding hydrogens is 432 g/mol. The molecular formula is C20H23F2N3O5S. The van der Waals surface area contributed by atoms with Crippen LogP contribution in [0, 0.1) is 0 Å². The number of anilines is 1. The van der Waals surface area contributed by atoms with Crippen LogP contribution in [0.15, 0.2) is 29.2 Å². The quantitative estimate of drug-likeness (QED) is 0.386. The molecule has 2 fully saturated rings. The maximum Gasteiger partial charge on any atom is 0.327 e. The fraction of sp³-hybridized carbons (Fsp3) is 0.500. The van der Waals surface area contributed by atoms with Crippen molar-refractivity contribution in [3.63, 3.8) is 0 Å². The van der Waals surface area contributed by atoms with Crippen LogP contribution in [-0.4, -0.2) is 65.1 Å². The van der Waals surface area contributed by atoms with Gasteiger partial charge in [0.25, 0.3) is 17.6 Å². The van der Waals surface area contributed by atoms with E-state index in [4.69, 9.17) is 4.74 Å². The molecule has 1 heterocycles. The summed E-state index contributed by atoms with van der Waals surface area (Å²) < 4.78 is 29.5.